The Kier molecular flexibility index (Phi) is 6.09. The molecule has 2 aromatic heterocycles. The van der Waals surface area contributed by atoms with Gasteiger partial charge in [-0.05, 0) is 55.7 Å². The van der Waals surface area contributed by atoms with Gasteiger partial charge in [-0.1, -0.05) is 30.3 Å². The minimum absolute atomic E-state index is 0.124. The summed E-state index contributed by atoms with van der Waals surface area (Å²) in [5.74, 6) is 2.64. The van der Waals surface area contributed by atoms with E-state index in [2.05, 4.69) is 60.4 Å². The lowest BCUT2D eigenvalue weighted by molar-refractivity contribution is -0.137. The Labute approximate surface area is 188 Å². The number of likely N-dealkylation sites (tertiary alicyclic amines) is 1. The molecule has 0 saturated carbocycles. The summed E-state index contributed by atoms with van der Waals surface area (Å²) in [4.78, 5) is 21.4. The third-order valence-corrected chi connectivity index (χ3v) is 6.75. The summed E-state index contributed by atoms with van der Waals surface area (Å²) in [5, 5.41) is 12.7. The molecule has 5 rings (SSSR count). The SMILES string of the molecule is O=C(C1CCN(c2ccc(-n3cncn3)nn2)CC1)N1CCC(Cc2ccccc2)CC1. The van der Waals surface area contributed by atoms with Crippen molar-refractivity contribution < 1.29 is 4.79 Å². The number of piperidine rings is 2. The highest BCUT2D eigenvalue weighted by Crippen LogP contribution is 2.27. The molecule has 1 amide bonds. The zero-order valence-corrected chi connectivity index (χ0v) is 18.3. The second-order valence-electron chi connectivity index (χ2n) is 8.81. The van der Waals surface area contributed by atoms with Crippen LogP contribution < -0.4 is 4.90 Å². The minimum atomic E-state index is 0.124. The molecule has 3 aromatic rings. The molecule has 4 heterocycles. The van der Waals surface area contributed by atoms with Crippen molar-refractivity contribution in [3.63, 3.8) is 0 Å². The van der Waals surface area contributed by atoms with Gasteiger partial charge in [-0.15, -0.1) is 10.2 Å². The zero-order chi connectivity index (χ0) is 21.8. The van der Waals surface area contributed by atoms with Gasteiger partial charge in [-0.25, -0.2) is 9.67 Å². The second kappa shape index (κ2) is 9.46. The van der Waals surface area contributed by atoms with Crippen molar-refractivity contribution >= 4 is 11.7 Å². The van der Waals surface area contributed by atoms with Crippen molar-refractivity contribution in [2.24, 2.45) is 11.8 Å². The van der Waals surface area contributed by atoms with E-state index in [0.717, 1.165) is 64.1 Å². The molecule has 2 aliphatic rings. The summed E-state index contributed by atoms with van der Waals surface area (Å²) in [5.41, 5.74) is 1.40. The van der Waals surface area contributed by atoms with E-state index in [9.17, 15) is 4.79 Å². The smallest absolute Gasteiger partial charge is 0.225 e. The number of carbonyl (C=O) groups is 1. The Bertz CT molecular complexity index is 991. The molecular formula is C24H29N7O. The van der Waals surface area contributed by atoms with Crippen LogP contribution in [0.5, 0.6) is 0 Å². The van der Waals surface area contributed by atoms with E-state index < -0.39 is 0 Å². The predicted molar refractivity (Wildman–Crippen MR) is 121 cm³/mol. The van der Waals surface area contributed by atoms with Crippen molar-refractivity contribution in [2.45, 2.75) is 32.1 Å². The van der Waals surface area contributed by atoms with Crippen molar-refractivity contribution in [3.05, 3.63) is 60.7 Å². The van der Waals surface area contributed by atoms with E-state index in [4.69, 9.17) is 0 Å². The molecule has 0 unspecified atom stereocenters. The predicted octanol–water partition coefficient (Wildman–Crippen LogP) is 2.76. The molecule has 8 heteroatoms. The number of aromatic nitrogens is 5. The monoisotopic (exact) mass is 431 g/mol. The van der Waals surface area contributed by atoms with E-state index in [0.29, 0.717) is 17.6 Å². The maximum atomic E-state index is 13.1. The number of anilines is 1. The lowest BCUT2D eigenvalue weighted by Gasteiger charge is -2.37. The fourth-order valence-electron chi connectivity index (χ4n) is 4.85. The highest BCUT2D eigenvalue weighted by molar-refractivity contribution is 5.79. The summed E-state index contributed by atoms with van der Waals surface area (Å²) in [6, 6.07) is 14.6. The maximum Gasteiger partial charge on any atom is 0.225 e. The fourth-order valence-corrected chi connectivity index (χ4v) is 4.85. The fraction of sp³-hybridized carbons (Fsp3) is 0.458. The molecule has 166 valence electrons. The first-order valence-electron chi connectivity index (χ1n) is 11.5. The average Bonchev–Trinajstić information content (AvgIpc) is 3.40. The Morgan fingerprint density at radius 1 is 0.875 bits per heavy atom. The van der Waals surface area contributed by atoms with Gasteiger partial charge in [0.1, 0.15) is 12.7 Å². The standard InChI is InChI=1S/C24H29N7O/c32-24(30-12-8-20(9-13-30)16-19-4-2-1-3-5-19)21-10-14-29(15-11-21)22-6-7-23(28-27-22)31-18-25-17-26-31/h1-7,17-18,20-21H,8-16H2. The first kappa shape index (κ1) is 20.6. The number of rotatable bonds is 5. The lowest BCUT2D eigenvalue weighted by atomic mass is 9.88. The van der Waals surface area contributed by atoms with Gasteiger partial charge < -0.3 is 9.80 Å². The number of hydrogen-bond donors (Lipinski definition) is 0. The maximum absolute atomic E-state index is 13.1. The molecule has 2 saturated heterocycles. The van der Waals surface area contributed by atoms with Crippen LogP contribution in [0.1, 0.15) is 31.2 Å². The summed E-state index contributed by atoms with van der Waals surface area (Å²) < 4.78 is 1.59. The summed E-state index contributed by atoms with van der Waals surface area (Å²) >= 11 is 0. The number of hydrogen-bond acceptors (Lipinski definition) is 6. The Hall–Kier alpha value is -3.29. The van der Waals surface area contributed by atoms with Gasteiger partial charge in [0.2, 0.25) is 5.91 Å². The van der Waals surface area contributed by atoms with Crippen LogP contribution >= 0.6 is 0 Å². The van der Waals surface area contributed by atoms with Crippen LogP contribution in [0.15, 0.2) is 55.1 Å². The van der Waals surface area contributed by atoms with Gasteiger partial charge in [-0.2, -0.15) is 5.10 Å². The highest BCUT2D eigenvalue weighted by atomic mass is 16.2. The van der Waals surface area contributed by atoms with E-state index in [1.807, 2.05) is 12.1 Å². The van der Waals surface area contributed by atoms with Crippen LogP contribution in [0.3, 0.4) is 0 Å². The molecule has 2 fully saturated rings. The van der Waals surface area contributed by atoms with Crippen molar-refractivity contribution in [1.82, 2.24) is 29.9 Å². The number of amides is 1. The topological polar surface area (TPSA) is 80.0 Å². The summed E-state index contributed by atoms with van der Waals surface area (Å²) in [6.45, 7) is 3.45. The van der Waals surface area contributed by atoms with Crippen LogP contribution in [0.2, 0.25) is 0 Å². The van der Waals surface area contributed by atoms with Gasteiger partial charge in [0, 0.05) is 32.1 Å². The molecule has 1 aromatic carbocycles. The molecule has 0 radical (unpaired) electrons. The van der Waals surface area contributed by atoms with Crippen molar-refractivity contribution in [1.29, 1.82) is 0 Å². The number of benzene rings is 1. The van der Waals surface area contributed by atoms with Gasteiger partial charge >= 0.3 is 0 Å². The molecule has 0 atom stereocenters. The molecule has 0 spiro atoms. The van der Waals surface area contributed by atoms with E-state index >= 15 is 0 Å². The Balaban J connectivity index is 1.09. The summed E-state index contributed by atoms with van der Waals surface area (Å²) in [6.07, 6.45) is 8.15. The van der Waals surface area contributed by atoms with Gasteiger partial charge in [0.05, 0.1) is 0 Å². The van der Waals surface area contributed by atoms with Crippen LogP contribution in [0.4, 0.5) is 5.82 Å². The van der Waals surface area contributed by atoms with Gasteiger partial charge in [-0.3, -0.25) is 4.79 Å². The normalized spacial score (nSPS) is 18.1. The van der Waals surface area contributed by atoms with E-state index in [1.165, 1.54) is 11.9 Å². The zero-order valence-electron chi connectivity index (χ0n) is 18.3. The Morgan fingerprint density at radius 2 is 1.59 bits per heavy atom. The molecule has 2 aliphatic heterocycles. The molecule has 8 nitrogen and oxygen atoms in total. The third-order valence-electron chi connectivity index (χ3n) is 6.75. The summed E-state index contributed by atoms with van der Waals surface area (Å²) in [7, 11) is 0. The minimum Gasteiger partial charge on any atom is -0.355 e. The van der Waals surface area contributed by atoms with E-state index in [1.54, 1.807) is 11.0 Å². The molecular weight excluding hydrogens is 402 g/mol. The van der Waals surface area contributed by atoms with Gasteiger partial charge in [0.25, 0.3) is 0 Å². The number of carbonyl (C=O) groups excluding carboxylic acids is 1. The highest BCUT2D eigenvalue weighted by Gasteiger charge is 2.31. The van der Waals surface area contributed by atoms with Gasteiger partial charge in [0.15, 0.2) is 11.6 Å². The van der Waals surface area contributed by atoms with Crippen molar-refractivity contribution in [2.75, 3.05) is 31.1 Å². The second-order valence-corrected chi connectivity index (χ2v) is 8.81. The van der Waals surface area contributed by atoms with Crippen LogP contribution in [-0.2, 0) is 11.2 Å². The largest absolute Gasteiger partial charge is 0.355 e. The van der Waals surface area contributed by atoms with Crippen LogP contribution in [0, 0.1) is 11.8 Å². The average molecular weight is 432 g/mol. The third kappa shape index (κ3) is 4.64. The Morgan fingerprint density at radius 3 is 2.25 bits per heavy atom. The first-order valence-corrected chi connectivity index (χ1v) is 11.5. The quantitative estimate of drug-likeness (QED) is 0.618. The molecule has 0 N–H and O–H groups in total. The molecule has 32 heavy (non-hydrogen) atoms. The lowest BCUT2D eigenvalue weighted by Crippen LogP contribution is -2.45. The van der Waals surface area contributed by atoms with Crippen LogP contribution in [-0.4, -0.2) is 61.9 Å². The first-order chi connectivity index (χ1) is 15.8. The van der Waals surface area contributed by atoms with Crippen LogP contribution in [0.25, 0.3) is 5.82 Å². The molecule has 0 aliphatic carbocycles. The van der Waals surface area contributed by atoms with E-state index in [-0.39, 0.29) is 5.92 Å². The number of nitrogens with zero attached hydrogens (tertiary/aromatic N) is 7. The molecule has 0 bridgehead atoms. The van der Waals surface area contributed by atoms with Crippen molar-refractivity contribution in [3.8, 4) is 5.82 Å².